The molecule has 0 aromatic heterocycles. The van der Waals surface area contributed by atoms with Gasteiger partial charge in [-0.15, -0.1) is 0 Å². The molecule has 192 valence electrons. The fourth-order valence-electron chi connectivity index (χ4n) is 3.91. The minimum atomic E-state index is -1.83. The third-order valence-corrected chi connectivity index (χ3v) is 6.64. The fourth-order valence-corrected chi connectivity index (χ4v) is 4.42. The Labute approximate surface area is 211 Å². The Kier molecular flexibility index (Phi) is 9.96. The molecule has 1 fully saturated rings. The van der Waals surface area contributed by atoms with Crippen LogP contribution in [0.1, 0.15) is 31.4 Å². The molecule has 1 aromatic carbocycles. The maximum Gasteiger partial charge on any atom is 0.417 e. The van der Waals surface area contributed by atoms with Crippen LogP contribution in [0, 0.1) is 5.92 Å². The quantitative estimate of drug-likeness (QED) is 0.372. The van der Waals surface area contributed by atoms with E-state index in [4.69, 9.17) is 24.1 Å². The molecule has 0 radical (unpaired) electrons. The fraction of sp³-hybridized carbons (Fsp3) is 0.542. The lowest BCUT2D eigenvalue weighted by molar-refractivity contribution is -0.217. The normalized spacial score (nSPS) is 25.4. The van der Waals surface area contributed by atoms with E-state index in [1.807, 2.05) is 6.07 Å². The number of hydrogen-bond acceptors (Lipinski definition) is 9. The monoisotopic (exact) mass is 555 g/mol. The lowest BCUT2D eigenvalue weighted by atomic mass is 9.93. The molecule has 3 rings (SSSR count). The Morgan fingerprint density at radius 3 is 2.57 bits per heavy atom. The van der Waals surface area contributed by atoms with Gasteiger partial charge in [0.2, 0.25) is 5.91 Å². The molecule has 10 nitrogen and oxygen atoms in total. The van der Waals surface area contributed by atoms with E-state index in [9.17, 15) is 19.5 Å². The Balaban J connectivity index is 1.62. The number of rotatable bonds is 12. The number of halogens is 1. The van der Waals surface area contributed by atoms with Crippen LogP contribution in [-0.2, 0) is 28.5 Å². The number of carbonyl (C=O) groups excluding carboxylic acids is 3. The summed E-state index contributed by atoms with van der Waals surface area (Å²) >= 11 is 3.20. The number of carbonyl (C=O) groups is 3. The molecule has 2 amide bonds. The van der Waals surface area contributed by atoms with Crippen molar-refractivity contribution in [2.75, 3.05) is 39.6 Å². The van der Waals surface area contributed by atoms with Gasteiger partial charge in [0.05, 0.1) is 36.8 Å². The Hall–Kier alpha value is -2.15. The zero-order valence-electron chi connectivity index (χ0n) is 19.4. The second-order valence-electron chi connectivity index (χ2n) is 8.27. The SMILES string of the molecule is C[C@H](C(=O)N1C(=O)OC[C@@H]1c1ccccc1)[C@H]1O[C@](O)(CCCOCCOCCO)C(Br)=CC1=O. The number of amides is 2. The van der Waals surface area contributed by atoms with Crippen LogP contribution in [0.15, 0.2) is 40.9 Å². The van der Waals surface area contributed by atoms with E-state index in [1.54, 1.807) is 24.3 Å². The van der Waals surface area contributed by atoms with E-state index in [-0.39, 0.29) is 30.7 Å². The van der Waals surface area contributed by atoms with E-state index >= 15 is 0 Å². The van der Waals surface area contributed by atoms with Gasteiger partial charge in [-0.25, -0.2) is 9.69 Å². The van der Waals surface area contributed by atoms with Gasteiger partial charge < -0.3 is 29.2 Å². The maximum absolute atomic E-state index is 13.3. The zero-order valence-corrected chi connectivity index (χ0v) is 21.0. The van der Waals surface area contributed by atoms with Gasteiger partial charge in [-0.3, -0.25) is 9.59 Å². The molecule has 0 bridgehead atoms. The van der Waals surface area contributed by atoms with Crippen molar-refractivity contribution in [2.45, 2.75) is 37.7 Å². The minimum absolute atomic E-state index is 0.0151. The number of hydrogen-bond donors (Lipinski definition) is 2. The maximum atomic E-state index is 13.3. The highest BCUT2D eigenvalue weighted by Gasteiger charge is 2.48. The number of ether oxygens (including phenoxy) is 4. The molecule has 11 heteroatoms. The highest BCUT2D eigenvalue weighted by molar-refractivity contribution is 9.11. The van der Waals surface area contributed by atoms with Gasteiger partial charge in [0.15, 0.2) is 11.6 Å². The first-order valence-corrected chi connectivity index (χ1v) is 12.2. The first-order chi connectivity index (χ1) is 16.8. The predicted octanol–water partition coefficient (Wildman–Crippen LogP) is 2.08. The van der Waals surface area contributed by atoms with Gasteiger partial charge in [0, 0.05) is 13.0 Å². The summed E-state index contributed by atoms with van der Waals surface area (Å²) in [5, 5.41) is 19.7. The third kappa shape index (κ3) is 6.75. The van der Waals surface area contributed by atoms with E-state index in [2.05, 4.69) is 15.9 Å². The standard InChI is InChI=1S/C24H30BrNO9/c1-16(22(29)26-18(15-34-23(26)30)17-6-3-2-4-7-17)21-19(28)14-20(25)24(31,35-21)8-5-10-32-12-13-33-11-9-27/h2-4,6-7,14,16,18,21,27,31H,5,8-13,15H2,1H3/t16-,18+,21+,24+/m0/s1. The first kappa shape index (κ1) is 27.4. The van der Waals surface area contributed by atoms with Crippen LogP contribution in [-0.4, -0.2) is 84.4 Å². The van der Waals surface area contributed by atoms with Gasteiger partial charge in [0.25, 0.3) is 0 Å². The summed E-state index contributed by atoms with van der Waals surface area (Å²) in [4.78, 5) is 39.4. The molecule has 0 spiro atoms. The Morgan fingerprint density at radius 1 is 1.20 bits per heavy atom. The van der Waals surface area contributed by atoms with Gasteiger partial charge in [0.1, 0.15) is 18.8 Å². The van der Waals surface area contributed by atoms with Crippen LogP contribution in [0.3, 0.4) is 0 Å². The summed E-state index contributed by atoms with van der Waals surface area (Å²) in [6.07, 6.45) is -0.363. The van der Waals surface area contributed by atoms with Crippen LogP contribution >= 0.6 is 15.9 Å². The number of benzene rings is 1. The molecule has 2 aliphatic rings. The molecule has 0 saturated carbocycles. The second-order valence-corrected chi connectivity index (χ2v) is 9.12. The van der Waals surface area contributed by atoms with E-state index in [0.717, 1.165) is 10.5 Å². The molecule has 35 heavy (non-hydrogen) atoms. The average Bonchev–Trinajstić information content (AvgIpc) is 3.24. The molecule has 1 saturated heterocycles. The lowest BCUT2D eigenvalue weighted by Gasteiger charge is -2.37. The van der Waals surface area contributed by atoms with Crippen LogP contribution in [0.5, 0.6) is 0 Å². The largest absolute Gasteiger partial charge is 0.446 e. The number of ketones is 1. The van der Waals surface area contributed by atoms with E-state index < -0.39 is 41.6 Å². The highest BCUT2D eigenvalue weighted by Crippen LogP contribution is 2.37. The summed E-state index contributed by atoms with van der Waals surface area (Å²) in [6.45, 7) is 2.66. The number of nitrogens with zero attached hydrogens (tertiary/aromatic N) is 1. The highest BCUT2D eigenvalue weighted by atomic mass is 79.9. The molecule has 2 heterocycles. The third-order valence-electron chi connectivity index (χ3n) is 5.79. The van der Waals surface area contributed by atoms with Crippen molar-refractivity contribution in [3.63, 3.8) is 0 Å². The van der Waals surface area contributed by atoms with Crippen LogP contribution in [0.4, 0.5) is 4.79 Å². The number of imide groups is 1. The topological polar surface area (TPSA) is 132 Å². The van der Waals surface area contributed by atoms with Gasteiger partial charge in [-0.2, -0.15) is 0 Å². The van der Waals surface area contributed by atoms with Gasteiger partial charge >= 0.3 is 6.09 Å². The van der Waals surface area contributed by atoms with Crippen molar-refractivity contribution in [3.05, 3.63) is 46.5 Å². The van der Waals surface area contributed by atoms with Crippen LogP contribution in [0.25, 0.3) is 0 Å². The predicted molar refractivity (Wildman–Crippen MR) is 126 cm³/mol. The average molecular weight is 556 g/mol. The lowest BCUT2D eigenvalue weighted by Crippen LogP contribution is -2.51. The molecule has 1 aromatic rings. The molecular formula is C24H30BrNO9. The smallest absolute Gasteiger partial charge is 0.417 e. The van der Waals surface area contributed by atoms with Crippen molar-refractivity contribution < 1.29 is 43.5 Å². The number of aliphatic hydroxyl groups excluding tert-OH is 1. The molecule has 0 unspecified atom stereocenters. The molecule has 2 N–H and O–H groups in total. The first-order valence-electron chi connectivity index (χ1n) is 11.4. The summed E-state index contributed by atoms with van der Waals surface area (Å²) < 4.78 is 21.6. The molecule has 4 atom stereocenters. The van der Waals surface area contributed by atoms with Crippen LogP contribution < -0.4 is 0 Å². The van der Waals surface area contributed by atoms with Crippen molar-refractivity contribution in [1.29, 1.82) is 0 Å². The van der Waals surface area contributed by atoms with E-state index in [0.29, 0.717) is 26.2 Å². The summed E-state index contributed by atoms with van der Waals surface area (Å²) in [5.41, 5.74) is 0.732. The van der Waals surface area contributed by atoms with Gasteiger partial charge in [-0.05, 0) is 34.0 Å². The zero-order chi connectivity index (χ0) is 25.4. The van der Waals surface area contributed by atoms with Gasteiger partial charge in [-0.1, -0.05) is 37.3 Å². The molecule has 2 aliphatic heterocycles. The van der Waals surface area contributed by atoms with Crippen molar-refractivity contribution >= 4 is 33.7 Å². The summed E-state index contributed by atoms with van der Waals surface area (Å²) in [7, 11) is 0. The molecular weight excluding hydrogens is 526 g/mol. The minimum Gasteiger partial charge on any atom is -0.446 e. The summed E-state index contributed by atoms with van der Waals surface area (Å²) in [5.74, 6) is -4.00. The summed E-state index contributed by atoms with van der Waals surface area (Å²) in [6, 6.07) is 8.39. The van der Waals surface area contributed by atoms with Crippen molar-refractivity contribution in [3.8, 4) is 0 Å². The second kappa shape index (κ2) is 12.7. The van der Waals surface area contributed by atoms with Crippen molar-refractivity contribution in [2.24, 2.45) is 5.92 Å². The number of aliphatic hydroxyl groups is 2. The van der Waals surface area contributed by atoms with Crippen molar-refractivity contribution in [1.82, 2.24) is 4.90 Å². The van der Waals surface area contributed by atoms with E-state index in [1.165, 1.54) is 13.0 Å². The Bertz CT molecular complexity index is 925. The number of cyclic esters (lactones) is 1. The van der Waals surface area contributed by atoms with Crippen LogP contribution in [0.2, 0.25) is 0 Å². The molecule has 0 aliphatic carbocycles. The Morgan fingerprint density at radius 2 is 1.89 bits per heavy atom.